The minimum Gasteiger partial charge on any atom is -0.478 e. The third-order valence-electron chi connectivity index (χ3n) is 2.64. The van der Waals surface area contributed by atoms with Crippen LogP contribution in [0.1, 0.15) is 5.56 Å². The van der Waals surface area contributed by atoms with E-state index in [4.69, 9.17) is 5.11 Å². The summed E-state index contributed by atoms with van der Waals surface area (Å²) in [6, 6.07) is 3.85. The Morgan fingerprint density at radius 2 is 1.90 bits per heavy atom. The average Bonchev–Trinajstić information content (AvgIpc) is 2.34. The number of carbonyl (C=O) groups is 3. The molecular weight excluding hydrogens is 267 g/mol. The first-order valence-electron chi connectivity index (χ1n) is 5.73. The Hall–Kier alpha value is -2.70. The van der Waals surface area contributed by atoms with E-state index >= 15 is 0 Å². The summed E-state index contributed by atoms with van der Waals surface area (Å²) in [5.74, 6) is -2.66. The summed E-state index contributed by atoms with van der Waals surface area (Å²) < 4.78 is 13.5. The fraction of sp³-hybridized carbons (Fsp3) is 0.154. The van der Waals surface area contributed by atoms with E-state index < -0.39 is 23.6 Å². The van der Waals surface area contributed by atoms with Crippen LogP contribution in [-0.4, -0.2) is 36.0 Å². The molecule has 104 valence electrons. The number of imide groups is 1. The van der Waals surface area contributed by atoms with Gasteiger partial charge in [-0.2, -0.15) is 0 Å². The van der Waals surface area contributed by atoms with E-state index in [-0.39, 0.29) is 13.1 Å². The number of hydrogen-bond donors (Lipinski definition) is 2. The van der Waals surface area contributed by atoms with Crippen LogP contribution < -0.4 is 10.2 Å². The molecule has 0 bridgehead atoms. The van der Waals surface area contributed by atoms with Crippen molar-refractivity contribution in [1.82, 2.24) is 5.32 Å². The standard InChI is InChI=1S/C13H11FN2O4/c14-9-3-8(1-2-13(19)20)4-10(5-9)16-6-11(17)15-12(18)7-16/h1-5H,6-7H2,(H,19,20)(H,15,17,18)/b2-1+. The fourth-order valence-corrected chi connectivity index (χ4v) is 1.86. The van der Waals surface area contributed by atoms with Gasteiger partial charge in [0, 0.05) is 11.8 Å². The smallest absolute Gasteiger partial charge is 0.328 e. The van der Waals surface area contributed by atoms with Crippen LogP contribution >= 0.6 is 0 Å². The lowest BCUT2D eigenvalue weighted by Crippen LogP contribution is -2.51. The molecule has 1 aliphatic rings. The summed E-state index contributed by atoms with van der Waals surface area (Å²) in [6.07, 6.45) is 2.12. The van der Waals surface area contributed by atoms with E-state index in [9.17, 15) is 18.8 Å². The molecule has 20 heavy (non-hydrogen) atoms. The van der Waals surface area contributed by atoms with Crippen molar-refractivity contribution in [2.45, 2.75) is 0 Å². The maximum atomic E-state index is 13.5. The van der Waals surface area contributed by atoms with Gasteiger partial charge in [0.2, 0.25) is 11.8 Å². The van der Waals surface area contributed by atoms with Crippen LogP contribution in [0.5, 0.6) is 0 Å². The van der Waals surface area contributed by atoms with Gasteiger partial charge in [-0.3, -0.25) is 14.9 Å². The highest BCUT2D eigenvalue weighted by molar-refractivity contribution is 6.02. The van der Waals surface area contributed by atoms with Gasteiger partial charge in [0.1, 0.15) is 5.82 Å². The number of carboxylic acids is 1. The summed E-state index contributed by atoms with van der Waals surface area (Å²) in [6.45, 7) is -0.117. The Bertz CT molecular complexity index is 596. The Kier molecular flexibility index (Phi) is 3.79. The number of piperazine rings is 1. The lowest BCUT2D eigenvalue weighted by atomic mass is 10.1. The topological polar surface area (TPSA) is 86.7 Å². The Labute approximate surface area is 113 Å². The molecule has 1 aromatic carbocycles. The van der Waals surface area contributed by atoms with Gasteiger partial charge >= 0.3 is 5.97 Å². The minimum atomic E-state index is -1.15. The number of aliphatic carboxylic acids is 1. The zero-order valence-electron chi connectivity index (χ0n) is 10.3. The number of benzene rings is 1. The molecule has 1 aliphatic heterocycles. The predicted molar refractivity (Wildman–Crippen MR) is 68.4 cm³/mol. The lowest BCUT2D eigenvalue weighted by molar-refractivity contribution is -0.132. The second-order valence-electron chi connectivity index (χ2n) is 4.24. The van der Waals surface area contributed by atoms with Crippen LogP contribution in [0.15, 0.2) is 24.3 Å². The summed E-state index contributed by atoms with van der Waals surface area (Å²) >= 11 is 0. The second kappa shape index (κ2) is 5.52. The monoisotopic (exact) mass is 278 g/mol. The van der Waals surface area contributed by atoms with E-state index in [1.807, 2.05) is 0 Å². The number of halogens is 1. The fourth-order valence-electron chi connectivity index (χ4n) is 1.86. The summed E-state index contributed by atoms with van der Waals surface area (Å²) in [5.41, 5.74) is 0.680. The lowest BCUT2D eigenvalue weighted by Gasteiger charge is -2.27. The van der Waals surface area contributed by atoms with Crippen molar-refractivity contribution in [2.24, 2.45) is 0 Å². The van der Waals surface area contributed by atoms with Crippen LogP contribution in [0.25, 0.3) is 6.08 Å². The van der Waals surface area contributed by atoms with Gasteiger partial charge < -0.3 is 10.0 Å². The largest absolute Gasteiger partial charge is 0.478 e. The maximum absolute atomic E-state index is 13.5. The van der Waals surface area contributed by atoms with Gasteiger partial charge in [-0.15, -0.1) is 0 Å². The first-order valence-corrected chi connectivity index (χ1v) is 5.73. The zero-order chi connectivity index (χ0) is 14.7. The van der Waals surface area contributed by atoms with Crippen molar-refractivity contribution in [3.63, 3.8) is 0 Å². The number of nitrogens with one attached hydrogen (secondary N) is 1. The molecule has 7 heteroatoms. The van der Waals surface area contributed by atoms with Gasteiger partial charge in [-0.1, -0.05) is 0 Å². The number of nitrogens with zero attached hydrogens (tertiary/aromatic N) is 1. The molecule has 0 radical (unpaired) electrons. The Morgan fingerprint density at radius 1 is 1.25 bits per heavy atom. The average molecular weight is 278 g/mol. The summed E-state index contributed by atoms with van der Waals surface area (Å²) in [7, 11) is 0. The van der Waals surface area contributed by atoms with Crippen molar-refractivity contribution in [3.05, 3.63) is 35.7 Å². The number of amides is 2. The van der Waals surface area contributed by atoms with Crippen LogP contribution in [0, 0.1) is 5.82 Å². The highest BCUT2D eigenvalue weighted by atomic mass is 19.1. The third-order valence-corrected chi connectivity index (χ3v) is 2.64. The zero-order valence-corrected chi connectivity index (χ0v) is 10.3. The molecule has 1 fully saturated rings. The van der Waals surface area contributed by atoms with Gasteiger partial charge in [0.25, 0.3) is 0 Å². The predicted octanol–water partition coefficient (Wildman–Crippen LogP) is 0.386. The Balaban J connectivity index is 2.29. The minimum absolute atomic E-state index is 0.0583. The van der Waals surface area contributed by atoms with Crippen LogP contribution in [0.3, 0.4) is 0 Å². The number of anilines is 1. The van der Waals surface area contributed by atoms with E-state index in [0.29, 0.717) is 11.3 Å². The number of hydrogen-bond acceptors (Lipinski definition) is 4. The highest BCUT2D eigenvalue weighted by Crippen LogP contribution is 2.20. The Morgan fingerprint density at radius 3 is 2.50 bits per heavy atom. The van der Waals surface area contributed by atoms with E-state index in [2.05, 4.69) is 5.32 Å². The van der Waals surface area contributed by atoms with Crippen LogP contribution in [-0.2, 0) is 14.4 Å². The third kappa shape index (κ3) is 3.41. The first-order chi connectivity index (χ1) is 9.44. The molecule has 0 unspecified atom stereocenters. The molecule has 0 aromatic heterocycles. The van der Waals surface area contributed by atoms with Crippen molar-refractivity contribution in [1.29, 1.82) is 0 Å². The van der Waals surface area contributed by atoms with Crippen molar-refractivity contribution >= 4 is 29.5 Å². The molecule has 0 atom stereocenters. The molecule has 1 saturated heterocycles. The summed E-state index contributed by atoms with van der Waals surface area (Å²) in [4.78, 5) is 34.4. The maximum Gasteiger partial charge on any atom is 0.328 e. The molecule has 2 rings (SSSR count). The second-order valence-corrected chi connectivity index (χ2v) is 4.24. The van der Waals surface area contributed by atoms with Gasteiger partial charge in [-0.25, -0.2) is 9.18 Å². The molecule has 0 saturated carbocycles. The van der Waals surface area contributed by atoms with Gasteiger partial charge in [-0.05, 0) is 29.8 Å². The number of carboxylic acid groups (broad SMARTS) is 1. The molecule has 6 nitrogen and oxygen atoms in total. The number of rotatable bonds is 3. The SMILES string of the molecule is O=C(O)/C=C/c1cc(F)cc(N2CC(=O)NC(=O)C2)c1. The van der Waals surface area contributed by atoms with Crippen LogP contribution in [0.4, 0.5) is 10.1 Å². The van der Waals surface area contributed by atoms with Crippen molar-refractivity contribution < 1.29 is 23.9 Å². The molecule has 0 spiro atoms. The molecule has 1 heterocycles. The van der Waals surface area contributed by atoms with Gasteiger partial charge in [0.15, 0.2) is 0 Å². The number of carbonyl (C=O) groups excluding carboxylic acids is 2. The summed E-state index contributed by atoms with van der Waals surface area (Å²) in [5, 5.41) is 10.7. The highest BCUT2D eigenvalue weighted by Gasteiger charge is 2.23. The van der Waals surface area contributed by atoms with E-state index in [1.165, 1.54) is 23.1 Å². The molecule has 2 N–H and O–H groups in total. The molecular formula is C13H11FN2O4. The molecule has 2 amide bonds. The first kappa shape index (κ1) is 13.7. The normalized spacial score (nSPS) is 15.6. The van der Waals surface area contributed by atoms with E-state index in [0.717, 1.165) is 12.1 Å². The van der Waals surface area contributed by atoms with Crippen molar-refractivity contribution in [3.8, 4) is 0 Å². The van der Waals surface area contributed by atoms with E-state index in [1.54, 1.807) is 0 Å². The molecule has 0 aliphatic carbocycles. The molecule has 1 aromatic rings. The van der Waals surface area contributed by atoms with Crippen molar-refractivity contribution in [2.75, 3.05) is 18.0 Å². The van der Waals surface area contributed by atoms with Gasteiger partial charge in [0.05, 0.1) is 13.1 Å². The quantitative estimate of drug-likeness (QED) is 0.617. The van der Waals surface area contributed by atoms with Crippen LogP contribution in [0.2, 0.25) is 0 Å².